The number of halogens is 1. The topological polar surface area (TPSA) is 55.1 Å². The van der Waals surface area contributed by atoms with Crippen molar-refractivity contribution in [2.75, 3.05) is 0 Å². The summed E-state index contributed by atoms with van der Waals surface area (Å²) in [6.07, 6.45) is 2.76. The van der Waals surface area contributed by atoms with Gasteiger partial charge in [0.15, 0.2) is 0 Å². The molecular formula is C7H7BrN2O2. The average Bonchev–Trinajstić information content (AvgIpc) is 2.34. The van der Waals surface area contributed by atoms with Gasteiger partial charge in [-0.05, 0) is 0 Å². The molecule has 0 spiro atoms. The Morgan fingerprint density at radius 2 is 2.50 bits per heavy atom. The van der Waals surface area contributed by atoms with E-state index >= 15 is 0 Å². The third-order valence-electron chi connectivity index (χ3n) is 1.21. The van der Waals surface area contributed by atoms with Gasteiger partial charge in [0, 0.05) is 10.7 Å². The maximum absolute atomic E-state index is 10.4. The monoisotopic (exact) mass is 230 g/mol. The van der Waals surface area contributed by atoms with Gasteiger partial charge in [0.05, 0.1) is 18.3 Å². The first kappa shape index (κ1) is 8.99. The first-order chi connectivity index (χ1) is 5.59. The zero-order chi connectivity index (χ0) is 9.14. The molecule has 1 N–H and O–H groups in total. The highest BCUT2D eigenvalue weighted by molar-refractivity contribution is 9.11. The van der Waals surface area contributed by atoms with E-state index in [1.54, 1.807) is 0 Å². The second kappa shape index (κ2) is 3.53. The summed E-state index contributed by atoms with van der Waals surface area (Å²) in [6.45, 7) is 4.09. The standard InChI is InChI=1S/C7H7BrN2O2/c1-5(8)3-10-4-6(2-9-10)7(11)12/h2,4H,1,3H2,(H,11,12). The van der Waals surface area contributed by atoms with Crippen molar-refractivity contribution >= 4 is 21.9 Å². The molecule has 0 atom stereocenters. The number of aromatic nitrogens is 2. The van der Waals surface area contributed by atoms with E-state index in [2.05, 4.69) is 27.6 Å². The number of carboxylic acids is 1. The Morgan fingerprint density at radius 1 is 1.83 bits per heavy atom. The molecule has 1 aromatic heterocycles. The summed E-state index contributed by atoms with van der Waals surface area (Å²) in [5, 5.41) is 12.4. The van der Waals surface area contributed by atoms with Crippen molar-refractivity contribution < 1.29 is 9.90 Å². The normalized spacial score (nSPS) is 9.75. The molecule has 0 fully saturated rings. The lowest BCUT2D eigenvalue weighted by Crippen LogP contribution is -1.97. The van der Waals surface area contributed by atoms with Gasteiger partial charge < -0.3 is 5.11 Å². The van der Waals surface area contributed by atoms with E-state index in [0.717, 1.165) is 4.48 Å². The maximum Gasteiger partial charge on any atom is 0.338 e. The Hall–Kier alpha value is -1.10. The van der Waals surface area contributed by atoms with Gasteiger partial charge in [-0.25, -0.2) is 4.79 Å². The fraction of sp³-hybridized carbons (Fsp3) is 0.143. The molecule has 4 nitrogen and oxygen atoms in total. The van der Waals surface area contributed by atoms with Crippen LogP contribution >= 0.6 is 15.9 Å². The number of aromatic carboxylic acids is 1. The molecule has 0 saturated heterocycles. The summed E-state index contributed by atoms with van der Waals surface area (Å²) in [5.41, 5.74) is 0.184. The fourth-order valence-electron chi connectivity index (χ4n) is 0.736. The zero-order valence-electron chi connectivity index (χ0n) is 6.20. The Bertz CT molecular complexity index is 319. The minimum Gasteiger partial charge on any atom is -0.478 e. The molecule has 1 heterocycles. The van der Waals surface area contributed by atoms with Crippen molar-refractivity contribution in [1.82, 2.24) is 9.78 Å². The van der Waals surface area contributed by atoms with Crippen LogP contribution in [0.5, 0.6) is 0 Å². The third kappa shape index (κ3) is 2.20. The average molecular weight is 231 g/mol. The van der Waals surface area contributed by atoms with E-state index < -0.39 is 5.97 Å². The fourth-order valence-corrected chi connectivity index (χ4v) is 0.993. The Morgan fingerprint density at radius 3 is 2.92 bits per heavy atom. The van der Waals surface area contributed by atoms with Crippen molar-refractivity contribution in [3.05, 3.63) is 29.0 Å². The van der Waals surface area contributed by atoms with Crippen molar-refractivity contribution in [1.29, 1.82) is 0 Å². The first-order valence-electron chi connectivity index (χ1n) is 3.18. The lowest BCUT2D eigenvalue weighted by Gasteiger charge is -1.95. The van der Waals surface area contributed by atoms with E-state index in [9.17, 15) is 4.79 Å². The highest BCUT2D eigenvalue weighted by Gasteiger charge is 2.05. The van der Waals surface area contributed by atoms with Crippen LogP contribution < -0.4 is 0 Å². The lowest BCUT2D eigenvalue weighted by atomic mass is 10.4. The number of carbonyl (C=O) groups is 1. The predicted octanol–water partition coefficient (Wildman–Crippen LogP) is 1.49. The largest absolute Gasteiger partial charge is 0.478 e. The van der Waals surface area contributed by atoms with Crippen LogP contribution in [0.1, 0.15) is 10.4 Å². The van der Waals surface area contributed by atoms with Gasteiger partial charge in [-0.1, -0.05) is 22.5 Å². The molecule has 0 bridgehead atoms. The van der Waals surface area contributed by atoms with Crippen LogP contribution in [0, 0.1) is 0 Å². The van der Waals surface area contributed by atoms with Crippen LogP contribution in [-0.4, -0.2) is 20.9 Å². The minimum absolute atomic E-state index is 0.184. The SMILES string of the molecule is C=C(Br)Cn1cc(C(=O)O)cn1. The summed E-state index contributed by atoms with van der Waals surface area (Å²) < 4.78 is 2.25. The van der Waals surface area contributed by atoms with Crippen molar-refractivity contribution in [3.8, 4) is 0 Å². The van der Waals surface area contributed by atoms with Gasteiger partial charge >= 0.3 is 5.97 Å². The van der Waals surface area contributed by atoms with E-state index in [1.165, 1.54) is 17.1 Å². The van der Waals surface area contributed by atoms with E-state index in [1.807, 2.05) is 0 Å². The van der Waals surface area contributed by atoms with Crippen LogP contribution in [0.2, 0.25) is 0 Å². The Kier molecular flexibility index (Phi) is 2.65. The van der Waals surface area contributed by atoms with Gasteiger partial charge in [0.1, 0.15) is 0 Å². The molecule has 1 aromatic rings. The number of carboxylic acid groups (broad SMARTS) is 1. The van der Waals surface area contributed by atoms with Gasteiger partial charge in [0.2, 0.25) is 0 Å². The highest BCUT2D eigenvalue weighted by Crippen LogP contribution is 2.05. The third-order valence-corrected chi connectivity index (χ3v) is 1.46. The van der Waals surface area contributed by atoms with Crippen molar-refractivity contribution in [2.45, 2.75) is 6.54 Å². The zero-order valence-corrected chi connectivity index (χ0v) is 7.78. The molecule has 0 radical (unpaired) electrons. The van der Waals surface area contributed by atoms with Crippen molar-refractivity contribution in [3.63, 3.8) is 0 Å². The summed E-state index contributed by atoms with van der Waals surface area (Å²) in [7, 11) is 0. The molecule has 1 rings (SSSR count). The summed E-state index contributed by atoms with van der Waals surface area (Å²) in [6, 6.07) is 0. The van der Waals surface area contributed by atoms with Crippen molar-refractivity contribution in [2.24, 2.45) is 0 Å². The molecule has 64 valence electrons. The molecule has 5 heteroatoms. The van der Waals surface area contributed by atoms with Crippen LogP contribution in [0.25, 0.3) is 0 Å². The molecular weight excluding hydrogens is 224 g/mol. The van der Waals surface area contributed by atoms with Gasteiger partial charge in [0.25, 0.3) is 0 Å². The number of nitrogens with zero attached hydrogens (tertiary/aromatic N) is 2. The molecule has 0 aliphatic rings. The molecule has 0 saturated carbocycles. The summed E-state index contributed by atoms with van der Waals surface area (Å²) in [5.74, 6) is -0.971. The van der Waals surface area contributed by atoms with Crippen LogP contribution in [0.3, 0.4) is 0 Å². The number of rotatable bonds is 3. The van der Waals surface area contributed by atoms with Gasteiger partial charge in [-0.15, -0.1) is 0 Å². The lowest BCUT2D eigenvalue weighted by molar-refractivity contribution is 0.0697. The minimum atomic E-state index is -0.971. The number of allylic oxidation sites excluding steroid dienone is 1. The smallest absolute Gasteiger partial charge is 0.338 e. The number of hydrogen-bond donors (Lipinski definition) is 1. The molecule has 0 amide bonds. The summed E-state index contributed by atoms with van der Waals surface area (Å²) >= 11 is 3.15. The molecule has 12 heavy (non-hydrogen) atoms. The molecule has 0 aliphatic carbocycles. The maximum atomic E-state index is 10.4. The van der Waals surface area contributed by atoms with Crippen LogP contribution in [0.15, 0.2) is 23.5 Å². The second-order valence-electron chi connectivity index (χ2n) is 2.25. The summed E-state index contributed by atoms with van der Waals surface area (Å²) in [4.78, 5) is 10.4. The number of hydrogen-bond acceptors (Lipinski definition) is 2. The highest BCUT2D eigenvalue weighted by atomic mass is 79.9. The van der Waals surface area contributed by atoms with E-state index in [-0.39, 0.29) is 5.56 Å². The Balaban J connectivity index is 2.77. The molecule has 0 unspecified atom stereocenters. The second-order valence-corrected chi connectivity index (χ2v) is 3.37. The predicted molar refractivity (Wildman–Crippen MR) is 47.3 cm³/mol. The van der Waals surface area contributed by atoms with E-state index in [4.69, 9.17) is 5.11 Å². The van der Waals surface area contributed by atoms with Gasteiger partial charge in [-0.3, -0.25) is 4.68 Å². The van der Waals surface area contributed by atoms with Crippen LogP contribution in [-0.2, 0) is 6.54 Å². The molecule has 0 aromatic carbocycles. The van der Waals surface area contributed by atoms with Gasteiger partial charge in [-0.2, -0.15) is 5.10 Å². The quantitative estimate of drug-likeness (QED) is 0.857. The Labute approximate surface area is 77.6 Å². The molecule has 0 aliphatic heterocycles. The first-order valence-corrected chi connectivity index (χ1v) is 3.98. The van der Waals surface area contributed by atoms with Crippen LogP contribution in [0.4, 0.5) is 0 Å². The van der Waals surface area contributed by atoms with E-state index in [0.29, 0.717) is 6.54 Å².